The maximum atomic E-state index is 12.8. The summed E-state index contributed by atoms with van der Waals surface area (Å²) in [5.74, 6) is 1.16. The molecule has 0 bridgehead atoms. The number of methoxy groups -OCH3 is 2. The van der Waals surface area contributed by atoms with Gasteiger partial charge in [-0.25, -0.2) is 8.42 Å². The van der Waals surface area contributed by atoms with Crippen molar-refractivity contribution in [3.05, 3.63) is 40.9 Å². The predicted molar refractivity (Wildman–Crippen MR) is 95.7 cm³/mol. The summed E-state index contributed by atoms with van der Waals surface area (Å²) in [4.78, 5) is 0.0311. The van der Waals surface area contributed by atoms with Gasteiger partial charge in [0.25, 0.3) is 10.0 Å². The first-order chi connectivity index (χ1) is 11.4. The van der Waals surface area contributed by atoms with Gasteiger partial charge >= 0.3 is 0 Å². The summed E-state index contributed by atoms with van der Waals surface area (Å²) >= 11 is 3.28. The minimum atomic E-state index is -3.89. The Bertz CT molecular complexity index is 823. The van der Waals surface area contributed by atoms with Crippen LogP contribution in [0.15, 0.2) is 45.8 Å². The molecular formula is C16H18BrNO5S. The minimum Gasteiger partial charge on any atom is -0.497 e. The molecule has 0 aliphatic carbocycles. The van der Waals surface area contributed by atoms with Gasteiger partial charge in [0.2, 0.25) is 0 Å². The molecule has 0 spiro atoms. The lowest BCUT2D eigenvalue weighted by atomic mass is 10.3. The number of sulfonamides is 1. The topological polar surface area (TPSA) is 73.9 Å². The first-order valence-electron chi connectivity index (χ1n) is 7.08. The minimum absolute atomic E-state index is 0.0311. The summed E-state index contributed by atoms with van der Waals surface area (Å²) in [6.45, 7) is 2.14. The molecule has 2 aromatic rings. The number of hydrogen-bond acceptors (Lipinski definition) is 5. The van der Waals surface area contributed by atoms with Crippen LogP contribution in [0, 0.1) is 0 Å². The Morgan fingerprint density at radius 3 is 2.38 bits per heavy atom. The molecule has 0 saturated carbocycles. The summed E-state index contributed by atoms with van der Waals surface area (Å²) in [6.07, 6.45) is 0. The van der Waals surface area contributed by atoms with E-state index in [1.54, 1.807) is 37.3 Å². The van der Waals surface area contributed by atoms with Gasteiger partial charge in [-0.1, -0.05) is 15.9 Å². The highest BCUT2D eigenvalue weighted by atomic mass is 79.9. The van der Waals surface area contributed by atoms with E-state index in [1.807, 2.05) is 0 Å². The Morgan fingerprint density at radius 2 is 1.75 bits per heavy atom. The molecule has 0 fully saturated rings. The van der Waals surface area contributed by atoms with Gasteiger partial charge in [0.1, 0.15) is 22.1 Å². The van der Waals surface area contributed by atoms with E-state index in [-0.39, 0.29) is 16.3 Å². The lowest BCUT2D eigenvalue weighted by molar-refractivity contribution is 0.331. The van der Waals surface area contributed by atoms with E-state index < -0.39 is 10.0 Å². The zero-order valence-electron chi connectivity index (χ0n) is 13.5. The molecule has 2 aromatic carbocycles. The van der Waals surface area contributed by atoms with Crippen molar-refractivity contribution in [2.75, 3.05) is 25.5 Å². The van der Waals surface area contributed by atoms with Gasteiger partial charge in [-0.15, -0.1) is 0 Å². The van der Waals surface area contributed by atoms with E-state index >= 15 is 0 Å². The molecule has 130 valence electrons. The molecular weight excluding hydrogens is 398 g/mol. The highest BCUT2D eigenvalue weighted by Gasteiger charge is 2.22. The fourth-order valence-electron chi connectivity index (χ4n) is 2.06. The van der Waals surface area contributed by atoms with Gasteiger partial charge in [0.05, 0.1) is 26.5 Å². The van der Waals surface area contributed by atoms with Crippen LogP contribution >= 0.6 is 15.9 Å². The summed E-state index contributed by atoms with van der Waals surface area (Å²) in [5, 5.41) is 0. The van der Waals surface area contributed by atoms with Crippen LogP contribution in [-0.2, 0) is 10.0 Å². The van der Waals surface area contributed by atoms with Crippen LogP contribution in [0.25, 0.3) is 0 Å². The third-order valence-corrected chi connectivity index (χ3v) is 5.03. The van der Waals surface area contributed by atoms with Gasteiger partial charge in [0, 0.05) is 10.5 Å². The van der Waals surface area contributed by atoms with E-state index in [2.05, 4.69) is 20.7 Å². The number of nitrogens with one attached hydrogen (secondary N) is 1. The SMILES string of the molecule is CCOc1ccc(Br)cc1S(=O)(=O)Nc1cc(OC)ccc1OC. The quantitative estimate of drug-likeness (QED) is 0.746. The Kier molecular flexibility index (Phi) is 5.95. The largest absolute Gasteiger partial charge is 0.497 e. The highest BCUT2D eigenvalue weighted by Crippen LogP contribution is 2.33. The molecule has 0 aromatic heterocycles. The van der Waals surface area contributed by atoms with Gasteiger partial charge in [-0.3, -0.25) is 4.72 Å². The molecule has 24 heavy (non-hydrogen) atoms. The maximum absolute atomic E-state index is 12.8. The van der Waals surface area contributed by atoms with Crippen molar-refractivity contribution in [3.63, 3.8) is 0 Å². The first-order valence-corrected chi connectivity index (χ1v) is 9.36. The van der Waals surface area contributed by atoms with Crippen molar-refractivity contribution >= 4 is 31.6 Å². The summed E-state index contributed by atoms with van der Waals surface area (Å²) in [7, 11) is -0.923. The van der Waals surface area contributed by atoms with Crippen LogP contribution in [0.1, 0.15) is 6.92 Å². The van der Waals surface area contributed by atoms with Crippen molar-refractivity contribution in [3.8, 4) is 17.2 Å². The second-order valence-corrected chi connectivity index (χ2v) is 7.26. The normalized spacial score (nSPS) is 11.0. The highest BCUT2D eigenvalue weighted by molar-refractivity contribution is 9.10. The molecule has 0 unspecified atom stereocenters. The standard InChI is InChI=1S/C16H18BrNO5S/c1-4-23-15-7-5-11(17)9-16(15)24(19,20)18-13-10-12(21-2)6-8-14(13)22-3/h5-10,18H,4H2,1-3H3. The fraction of sp³-hybridized carbons (Fsp3) is 0.250. The van der Waals surface area contributed by atoms with Crippen molar-refractivity contribution in [2.24, 2.45) is 0 Å². The van der Waals surface area contributed by atoms with E-state index in [9.17, 15) is 8.42 Å². The molecule has 0 atom stereocenters. The fourth-order valence-corrected chi connectivity index (χ4v) is 3.81. The van der Waals surface area contributed by atoms with Crippen molar-refractivity contribution in [1.29, 1.82) is 0 Å². The molecule has 0 radical (unpaired) electrons. The average Bonchev–Trinajstić information content (AvgIpc) is 2.56. The second kappa shape index (κ2) is 7.76. The molecule has 0 aliphatic rings. The Balaban J connectivity index is 2.47. The number of anilines is 1. The van der Waals surface area contributed by atoms with Gasteiger partial charge in [-0.05, 0) is 37.3 Å². The van der Waals surface area contributed by atoms with E-state index in [4.69, 9.17) is 14.2 Å². The third-order valence-electron chi connectivity index (χ3n) is 3.15. The van der Waals surface area contributed by atoms with E-state index in [1.165, 1.54) is 20.3 Å². The maximum Gasteiger partial charge on any atom is 0.265 e. The number of halogens is 1. The van der Waals surface area contributed by atoms with E-state index in [0.717, 1.165) is 0 Å². The molecule has 1 N–H and O–H groups in total. The molecule has 0 amide bonds. The Hall–Kier alpha value is -1.93. The molecule has 0 saturated heterocycles. The van der Waals surface area contributed by atoms with Crippen molar-refractivity contribution in [1.82, 2.24) is 0 Å². The Morgan fingerprint density at radius 1 is 1.04 bits per heavy atom. The Labute approximate surface area is 149 Å². The first kappa shape index (κ1) is 18.4. The summed E-state index contributed by atoms with van der Waals surface area (Å²) in [5.41, 5.74) is 0.277. The zero-order chi connectivity index (χ0) is 17.7. The summed E-state index contributed by atoms with van der Waals surface area (Å²) < 4.78 is 44.5. The van der Waals surface area contributed by atoms with Crippen LogP contribution in [0.4, 0.5) is 5.69 Å². The van der Waals surface area contributed by atoms with Crippen LogP contribution in [0.2, 0.25) is 0 Å². The molecule has 0 heterocycles. The average molecular weight is 416 g/mol. The molecule has 0 aliphatic heterocycles. The molecule has 6 nitrogen and oxygen atoms in total. The second-order valence-electron chi connectivity index (χ2n) is 4.70. The monoisotopic (exact) mass is 415 g/mol. The number of rotatable bonds is 7. The van der Waals surface area contributed by atoms with Gasteiger partial charge in [-0.2, -0.15) is 0 Å². The van der Waals surface area contributed by atoms with E-state index in [0.29, 0.717) is 22.6 Å². The smallest absolute Gasteiger partial charge is 0.265 e. The van der Waals surface area contributed by atoms with Crippen LogP contribution in [-0.4, -0.2) is 29.2 Å². The lowest BCUT2D eigenvalue weighted by Crippen LogP contribution is -2.15. The lowest BCUT2D eigenvalue weighted by Gasteiger charge is -2.15. The van der Waals surface area contributed by atoms with Crippen LogP contribution < -0.4 is 18.9 Å². The van der Waals surface area contributed by atoms with Crippen molar-refractivity contribution in [2.45, 2.75) is 11.8 Å². The number of ether oxygens (including phenoxy) is 3. The predicted octanol–water partition coefficient (Wildman–Crippen LogP) is 3.67. The van der Waals surface area contributed by atoms with Crippen LogP contribution in [0.5, 0.6) is 17.2 Å². The summed E-state index contributed by atoms with van der Waals surface area (Å²) in [6, 6.07) is 9.66. The zero-order valence-corrected chi connectivity index (χ0v) is 15.9. The van der Waals surface area contributed by atoms with Crippen LogP contribution in [0.3, 0.4) is 0 Å². The molecule has 8 heteroatoms. The molecule has 2 rings (SSSR count). The number of hydrogen-bond donors (Lipinski definition) is 1. The van der Waals surface area contributed by atoms with Crippen molar-refractivity contribution < 1.29 is 22.6 Å². The number of benzene rings is 2. The van der Waals surface area contributed by atoms with Gasteiger partial charge in [0.15, 0.2) is 0 Å². The third kappa shape index (κ3) is 4.12. The van der Waals surface area contributed by atoms with Gasteiger partial charge < -0.3 is 14.2 Å².